The molecule has 3 saturated carbocycles. The molecule has 1 N–H and O–H groups in total. The summed E-state index contributed by atoms with van der Waals surface area (Å²) in [6.07, 6.45) is 13.2. The van der Waals surface area contributed by atoms with Crippen molar-refractivity contribution in [1.29, 1.82) is 0 Å². The standard InChI is InChI=1S/C21H28O3S/c1-3-21-11-9-16-15(17(21)6-7-18(21)19(23)25-24)5-4-13-12-14(22)8-10-20(13,16)2/h8,10,12,15-18,24H,3-7,9,11H2,1-2H3/t15-,16+,17+,18-,20+,21+/m1/s1. The molecule has 6 atom stereocenters. The zero-order valence-electron chi connectivity index (χ0n) is 15.2. The second-order valence-electron chi connectivity index (χ2n) is 8.77. The molecule has 4 aliphatic rings. The summed E-state index contributed by atoms with van der Waals surface area (Å²) in [6, 6.07) is 0. The van der Waals surface area contributed by atoms with Crippen LogP contribution in [0.5, 0.6) is 0 Å². The zero-order chi connectivity index (χ0) is 17.8. The molecule has 0 amide bonds. The van der Waals surface area contributed by atoms with E-state index in [1.54, 1.807) is 6.08 Å². The molecule has 0 unspecified atom stereocenters. The van der Waals surface area contributed by atoms with E-state index >= 15 is 0 Å². The van der Waals surface area contributed by atoms with Crippen LogP contribution in [0.1, 0.15) is 58.8 Å². The maximum atomic E-state index is 12.4. The summed E-state index contributed by atoms with van der Waals surface area (Å²) in [7, 11) is 0. The minimum atomic E-state index is -0.0198. The number of carbonyl (C=O) groups is 2. The van der Waals surface area contributed by atoms with Crippen molar-refractivity contribution in [2.75, 3.05) is 0 Å². The van der Waals surface area contributed by atoms with Crippen molar-refractivity contribution in [3.63, 3.8) is 0 Å². The Hall–Kier alpha value is -0.870. The highest BCUT2D eigenvalue weighted by Gasteiger charge is 2.60. The van der Waals surface area contributed by atoms with Crippen molar-refractivity contribution in [2.45, 2.75) is 58.8 Å². The van der Waals surface area contributed by atoms with E-state index in [4.69, 9.17) is 0 Å². The van der Waals surface area contributed by atoms with E-state index in [1.165, 1.54) is 5.57 Å². The van der Waals surface area contributed by atoms with Crippen molar-refractivity contribution in [3.05, 3.63) is 23.8 Å². The fourth-order valence-electron chi connectivity index (χ4n) is 7.11. The molecule has 4 rings (SSSR count). The van der Waals surface area contributed by atoms with Crippen molar-refractivity contribution in [1.82, 2.24) is 0 Å². The van der Waals surface area contributed by atoms with Crippen molar-refractivity contribution in [3.8, 4) is 0 Å². The first-order chi connectivity index (χ1) is 12.0. The molecule has 0 aliphatic heterocycles. The maximum absolute atomic E-state index is 12.4. The fraction of sp³-hybridized carbons (Fsp3) is 0.714. The second-order valence-corrected chi connectivity index (χ2v) is 9.35. The number of fused-ring (bicyclic) bond motifs is 5. The average Bonchev–Trinajstić information content (AvgIpc) is 3.01. The molecule has 0 aromatic heterocycles. The monoisotopic (exact) mass is 360 g/mol. The van der Waals surface area contributed by atoms with Gasteiger partial charge in [0.1, 0.15) is 0 Å². The van der Waals surface area contributed by atoms with Crippen molar-refractivity contribution < 1.29 is 14.1 Å². The highest BCUT2D eigenvalue weighted by molar-refractivity contribution is 8.08. The van der Waals surface area contributed by atoms with E-state index in [0.29, 0.717) is 29.8 Å². The van der Waals surface area contributed by atoms with Crippen molar-refractivity contribution in [2.24, 2.45) is 34.5 Å². The Balaban J connectivity index is 1.68. The first-order valence-electron chi connectivity index (χ1n) is 9.76. The topological polar surface area (TPSA) is 54.4 Å². The number of ketones is 1. The van der Waals surface area contributed by atoms with E-state index in [1.807, 2.05) is 6.08 Å². The van der Waals surface area contributed by atoms with E-state index in [-0.39, 0.29) is 27.6 Å². The summed E-state index contributed by atoms with van der Waals surface area (Å²) in [6.45, 7) is 4.55. The predicted molar refractivity (Wildman–Crippen MR) is 99.9 cm³/mol. The van der Waals surface area contributed by atoms with Crippen LogP contribution in [0.15, 0.2) is 23.8 Å². The molecule has 4 aliphatic carbocycles. The second kappa shape index (κ2) is 6.09. The highest BCUT2D eigenvalue weighted by atomic mass is 32.2. The number of hydrogen-bond acceptors (Lipinski definition) is 4. The molecule has 25 heavy (non-hydrogen) atoms. The van der Waals surface area contributed by atoms with Gasteiger partial charge in [-0.3, -0.25) is 9.59 Å². The minimum Gasteiger partial charge on any atom is -0.323 e. The summed E-state index contributed by atoms with van der Waals surface area (Å²) in [4.78, 5) is 24.2. The van der Waals surface area contributed by atoms with Gasteiger partial charge >= 0.3 is 0 Å². The van der Waals surface area contributed by atoms with E-state index in [2.05, 4.69) is 19.9 Å². The van der Waals surface area contributed by atoms with E-state index in [0.717, 1.165) is 44.9 Å². The molecule has 0 radical (unpaired) electrons. The Kier molecular flexibility index (Phi) is 4.27. The van der Waals surface area contributed by atoms with Gasteiger partial charge in [0.25, 0.3) is 0 Å². The van der Waals surface area contributed by atoms with Crippen LogP contribution in [0, 0.1) is 34.5 Å². The third-order valence-electron chi connectivity index (χ3n) is 8.31. The Morgan fingerprint density at radius 1 is 1.28 bits per heavy atom. The molecule has 136 valence electrons. The minimum absolute atomic E-state index is 0.0184. The Morgan fingerprint density at radius 3 is 2.80 bits per heavy atom. The first-order valence-corrected chi connectivity index (χ1v) is 10.5. The van der Waals surface area contributed by atoms with Crippen LogP contribution in [0.4, 0.5) is 0 Å². The number of allylic oxidation sites excluding steroid dienone is 4. The van der Waals surface area contributed by atoms with Gasteiger partial charge in [0.05, 0.1) is 12.0 Å². The van der Waals surface area contributed by atoms with Gasteiger partial charge in [-0.25, -0.2) is 0 Å². The summed E-state index contributed by atoms with van der Waals surface area (Å²) in [5.41, 5.74) is 1.42. The highest BCUT2D eigenvalue weighted by Crippen LogP contribution is 2.67. The van der Waals surface area contributed by atoms with E-state index in [9.17, 15) is 14.1 Å². The number of hydrogen-bond donors (Lipinski definition) is 1. The van der Waals surface area contributed by atoms with Crippen LogP contribution in [0.25, 0.3) is 0 Å². The molecular weight excluding hydrogens is 332 g/mol. The van der Waals surface area contributed by atoms with Gasteiger partial charge in [0.15, 0.2) is 5.78 Å². The van der Waals surface area contributed by atoms with Gasteiger partial charge < -0.3 is 4.55 Å². The Morgan fingerprint density at radius 2 is 2.08 bits per heavy atom. The zero-order valence-corrected chi connectivity index (χ0v) is 16.0. The molecular formula is C21H28O3S. The molecule has 4 heteroatoms. The third kappa shape index (κ3) is 2.36. The molecule has 3 nitrogen and oxygen atoms in total. The number of carbonyl (C=O) groups excluding carboxylic acids is 2. The van der Waals surface area contributed by atoms with Crippen LogP contribution in [-0.4, -0.2) is 15.5 Å². The summed E-state index contributed by atoms with van der Waals surface area (Å²) in [5, 5.41) is -0.0198. The predicted octanol–water partition coefficient (Wildman–Crippen LogP) is 5.03. The molecule has 0 bridgehead atoms. The summed E-state index contributed by atoms with van der Waals surface area (Å²) in [5.74, 6) is 1.96. The van der Waals surface area contributed by atoms with Crippen LogP contribution in [-0.2, 0) is 9.59 Å². The summed E-state index contributed by atoms with van der Waals surface area (Å²) < 4.78 is 9.37. The van der Waals surface area contributed by atoms with Crippen LogP contribution >= 0.6 is 12.0 Å². The lowest BCUT2D eigenvalue weighted by Crippen LogP contribution is -2.51. The Labute approximate surface area is 154 Å². The maximum Gasteiger partial charge on any atom is 0.219 e. The molecule has 3 fully saturated rings. The lowest BCUT2D eigenvalue weighted by Gasteiger charge is -2.57. The van der Waals surface area contributed by atoms with Gasteiger partial charge in [0, 0.05) is 11.3 Å². The summed E-state index contributed by atoms with van der Waals surface area (Å²) >= 11 is 0.442. The normalized spacial score (nSPS) is 45.4. The average molecular weight is 361 g/mol. The quantitative estimate of drug-likeness (QED) is 0.702. The molecule has 0 heterocycles. The third-order valence-corrected chi connectivity index (χ3v) is 8.77. The first kappa shape index (κ1) is 17.5. The van der Waals surface area contributed by atoms with Gasteiger partial charge in [-0.15, -0.1) is 0 Å². The van der Waals surface area contributed by atoms with Gasteiger partial charge in [0.2, 0.25) is 5.12 Å². The van der Waals surface area contributed by atoms with Crippen LogP contribution < -0.4 is 0 Å². The van der Waals surface area contributed by atoms with Crippen LogP contribution in [0.2, 0.25) is 0 Å². The lowest BCUT2D eigenvalue weighted by atomic mass is 9.47. The molecule has 0 spiro atoms. The van der Waals surface area contributed by atoms with Gasteiger partial charge in [-0.05, 0) is 80.3 Å². The van der Waals surface area contributed by atoms with Gasteiger partial charge in [-0.1, -0.05) is 25.5 Å². The van der Waals surface area contributed by atoms with Crippen molar-refractivity contribution >= 4 is 22.9 Å². The molecule has 0 saturated heterocycles. The SMILES string of the molecule is CC[C@]12CC[C@H]3[C@@H](CCC4=CC(=O)C=C[C@@]43C)[C@@H]1CC[C@@H]2C(=O)SO. The largest absolute Gasteiger partial charge is 0.323 e. The van der Waals surface area contributed by atoms with Crippen LogP contribution in [0.3, 0.4) is 0 Å². The lowest BCUT2D eigenvalue weighted by molar-refractivity contribution is -0.122. The van der Waals surface area contributed by atoms with Gasteiger partial charge in [-0.2, -0.15) is 0 Å². The Bertz CT molecular complexity index is 666. The smallest absolute Gasteiger partial charge is 0.219 e. The molecule has 0 aromatic rings. The number of rotatable bonds is 2. The fourth-order valence-corrected chi connectivity index (χ4v) is 7.59. The molecule has 0 aromatic carbocycles. The van der Waals surface area contributed by atoms with E-state index < -0.39 is 0 Å².